The molecule has 0 saturated carbocycles. The molecule has 23 heteroatoms. The first-order chi connectivity index (χ1) is 34.4. The van der Waals surface area contributed by atoms with Crippen molar-refractivity contribution in [2.45, 2.75) is 63.4 Å². The minimum Gasteiger partial charge on any atom is -0.491 e. The van der Waals surface area contributed by atoms with Crippen molar-refractivity contribution in [3.8, 4) is 11.4 Å². The van der Waals surface area contributed by atoms with Crippen LogP contribution < -0.4 is 20.2 Å². The van der Waals surface area contributed by atoms with E-state index in [1.807, 2.05) is 44.2 Å². The van der Waals surface area contributed by atoms with Crippen LogP contribution in [-0.2, 0) is 40.5 Å². The van der Waals surface area contributed by atoms with Gasteiger partial charge in [0.05, 0.1) is 36.4 Å². The van der Waals surface area contributed by atoms with Crippen LogP contribution in [0.5, 0.6) is 5.75 Å². The molecule has 10 rings (SSSR count). The first kappa shape index (κ1) is 49.0. The summed E-state index contributed by atoms with van der Waals surface area (Å²) in [7, 11) is 0. The number of benzene rings is 4. The molecule has 19 nitrogen and oxygen atoms in total. The number of ether oxygens (including phenoxy) is 3. The van der Waals surface area contributed by atoms with E-state index in [1.165, 1.54) is 51.7 Å². The van der Waals surface area contributed by atoms with Crippen molar-refractivity contribution in [2.75, 3.05) is 49.2 Å². The summed E-state index contributed by atoms with van der Waals surface area (Å²) in [6, 6.07) is 24.6. The van der Waals surface area contributed by atoms with Crippen molar-refractivity contribution in [1.29, 1.82) is 0 Å². The molecule has 2 saturated heterocycles. The highest BCUT2D eigenvalue weighted by Crippen LogP contribution is 2.41. The van der Waals surface area contributed by atoms with Gasteiger partial charge in [0, 0.05) is 59.8 Å². The molecule has 1 N–H and O–H groups in total. The van der Waals surface area contributed by atoms with E-state index in [0.29, 0.717) is 28.8 Å². The molecule has 2 fully saturated rings. The van der Waals surface area contributed by atoms with Crippen molar-refractivity contribution < 1.29 is 28.1 Å². The van der Waals surface area contributed by atoms with Crippen LogP contribution in [0.3, 0.4) is 0 Å². The quantitative estimate of drug-likeness (QED) is 0.113. The van der Waals surface area contributed by atoms with E-state index in [4.69, 9.17) is 37.4 Å². The zero-order valence-corrected chi connectivity index (χ0v) is 40.2. The third-order valence-corrected chi connectivity index (χ3v) is 12.9. The lowest BCUT2D eigenvalue weighted by Gasteiger charge is -2.37. The monoisotopic (exact) mass is 1010 g/mol. The highest BCUT2D eigenvalue weighted by atomic mass is 35.5. The fourth-order valence-electron chi connectivity index (χ4n) is 8.49. The van der Waals surface area contributed by atoms with Gasteiger partial charge in [-0.25, -0.2) is 51.8 Å². The number of piperazine rings is 1. The molecule has 8 aromatic rings. The predicted octanol–water partition coefficient (Wildman–Crippen LogP) is 6.31. The van der Waals surface area contributed by atoms with Crippen LogP contribution in [0.25, 0.3) is 5.69 Å². The maximum atomic E-state index is 14.1. The summed E-state index contributed by atoms with van der Waals surface area (Å²) >= 11 is 12.7. The van der Waals surface area contributed by atoms with Crippen molar-refractivity contribution in [2.24, 2.45) is 0 Å². The van der Waals surface area contributed by atoms with E-state index in [9.17, 15) is 18.7 Å². The molecule has 1 unspecified atom stereocenters. The third kappa shape index (κ3) is 11.3. The smallest absolute Gasteiger partial charge is 0.350 e. The van der Waals surface area contributed by atoms with E-state index in [0.717, 1.165) is 67.5 Å². The summed E-state index contributed by atoms with van der Waals surface area (Å²) < 4.78 is 53.6. The van der Waals surface area contributed by atoms with Crippen molar-refractivity contribution in [3.63, 3.8) is 0 Å². The van der Waals surface area contributed by atoms with Crippen molar-refractivity contribution >= 4 is 34.6 Å². The van der Waals surface area contributed by atoms with Gasteiger partial charge < -0.3 is 29.1 Å². The second-order valence-electron chi connectivity index (χ2n) is 17.1. The summed E-state index contributed by atoms with van der Waals surface area (Å²) in [5.74, 6) is -1.97. The molecule has 71 heavy (non-hydrogen) atoms. The average molecular weight is 1010 g/mol. The lowest BCUT2D eigenvalue weighted by Crippen LogP contribution is -2.46. The summed E-state index contributed by atoms with van der Waals surface area (Å²) in [6.07, 6.45) is 10.6. The summed E-state index contributed by atoms with van der Waals surface area (Å²) in [6.45, 7) is 8.33. The van der Waals surface area contributed by atoms with Gasteiger partial charge in [-0.3, -0.25) is 0 Å². The Balaban J connectivity index is 0.000000236. The number of aromatic nitrogens is 12. The first-order valence-electron chi connectivity index (χ1n) is 22.8. The van der Waals surface area contributed by atoms with E-state index in [-0.39, 0.29) is 43.0 Å². The maximum Gasteiger partial charge on any atom is 0.350 e. The minimum atomic E-state index is -1.70. The Labute approximate surface area is 416 Å². The molecule has 0 amide bonds. The fourth-order valence-corrected chi connectivity index (χ4v) is 9.04. The van der Waals surface area contributed by atoms with Gasteiger partial charge in [0.15, 0.2) is 0 Å². The SMILES string of the molecule is CCC(C)n1ncn(-c2ccc(N3CCN(c4ccc(OC[C@H]5CO[C@](Cn6cncn6)(c6ccc(Cl)cc6Cl)O5)cc4)CC3)cc2)c1=O.OC(Cn1cncn1)(Cn1cncn1)c1ccc(F)cc1F. The van der Waals surface area contributed by atoms with E-state index < -0.39 is 23.0 Å². The van der Waals surface area contributed by atoms with E-state index in [1.54, 1.807) is 34.0 Å². The van der Waals surface area contributed by atoms with Crippen LogP contribution in [0.4, 0.5) is 20.2 Å². The van der Waals surface area contributed by atoms with Crippen molar-refractivity contribution in [3.05, 3.63) is 173 Å². The van der Waals surface area contributed by atoms with Crippen LogP contribution in [0.15, 0.2) is 134 Å². The Bertz CT molecular complexity index is 2990. The predicted molar refractivity (Wildman–Crippen MR) is 258 cm³/mol. The van der Waals surface area contributed by atoms with Crippen LogP contribution in [0, 0.1) is 11.6 Å². The topological polar surface area (TPSA) is 186 Å². The number of anilines is 2. The minimum absolute atomic E-state index is 0.0556. The molecule has 4 aromatic carbocycles. The Kier molecular flexibility index (Phi) is 14.8. The molecular formula is C48H50Cl2F2N14O5. The molecule has 6 heterocycles. The van der Waals surface area contributed by atoms with Crippen LogP contribution >= 0.6 is 23.2 Å². The largest absolute Gasteiger partial charge is 0.491 e. The van der Waals surface area contributed by atoms with Gasteiger partial charge >= 0.3 is 5.69 Å². The molecule has 3 atom stereocenters. The maximum absolute atomic E-state index is 14.1. The first-order valence-corrected chi connectivity index (χ1v) is 23.6. The zero-order chi connectivity index (χ0) is 49.5. The Morgan fingerprint density at radius 3 is 1.93 bits per heavy atom. The lowest BCUT2D eigenvalue weighted by molar-refractivity contribution is -0.190. The zero-order valence-electron chi connectivity index (χ0n) is 38.7. The van der Waals surface area contributed by atoms with Gasteiger partial charge in [-0.2, -0.15) is 20.4 Å². The number of hydrogen-bond donors (Lipinski definition) is 1. The molecule has 0 spiro atoms. The number of hydrogen-bond acceptors (Lipinski definition) is 14. The number of aliphatic hydroxyl groups is 1. The average Bonchev–Trinajstić information content (AvgIpc) is 4.25. The second kappa shape index (κ2) is 21.5. The summed E-state index contributed by atoms with van der Waals surface area (Å²) in [5, 5.41) is 28.3. The Morgan fingerprint density at radius 2 is 1.37 bits per heavy atom. The van der Waals surface area contributed by atoms with Gasteiger partial charge in [-0.05, 0) is 80.1 Å². The molecule has 0 radical (unpaired) electrons. The standard InChI is InChI=1S/C35H38Cl2N8O4.C13H12F2N6O/c1-3-25(2)45-34(46)44(24-40-45)29-7-5-27(6-8-29)41-14-16-42(17-15-41)28-9-11-30(12-10-28)47-19-31-20-48-35(49-31,21-43-23-38-22-39-43)32-13-4-26(36)18-33(32)37;14-10-1-2-11(12(15)3-10)13(22,4-20-8-16-6-18-20)5-21-9-17-7-19-21/h4-13,18,22-25,31H,3,14-17,19-21H2,1-2H3;1-3,6-9,22H,4-5H2/t25?,31-,35-;/m0./s1. The number of nitrogens with zero attached hydrogens (tertiary/aromatic N) is 14. The van der Waals surface area contributed by atoms with Crippen molar-refractivity contribution in [1.82, 2.24) is 58.6 Å². The summed E-state index contributed by atoms with van der Waals surface area (Å²) in [5.41, 5.74) is 1.89. The highest BCUT2D eigenvalue weighted by Gasteiger charge is 2.46. The Hall–Kier alpha value is -7.04. The fraction of sp³-hybridized carbons (Fsp3) is 0.333. The number of rotatable bonds is 16. The molecular weight excluding hydrogens is 962 g/mol. The molecule has 2 aliphatic heterocycles. The molecule has 4 aromatic heterocycles. The number of halogens is 4. The van der Waals surface area contributed by atoms with E-state index >= 15 is 0 Å². The molecule has 0 aliphatic carbocycles. The van der Waals surface area contributed by atoms with Crippen LogP contribution in [0.1, 0.15) is 37.4 Å². The molecule has 370 valence electrons. The lowest BCUT2D eigenvalue weighted by atomic mass is 9.93. The molecule has 2 aliphatic rings. The van der Waals surface area contributed by atoms with Gasteiger partial charge in [0.1, 0.15) is 86.5 Å². The summed E-state index contributed by atoms with van der Waals surface area (Å²) in [4.78, 5) is 29.2. The normalized spacial score (nSPS) is 17.5. The Morgan fingerprint density at radius 1 is 0.775 bits per heavy atom. The van der Waals surface area contributed by atoms with E-state index in [2.05, 4.69) is 69.4 Å². The van der Waals surface area contributed by atoms with Crippen LogP contribution in [0.2, 0.25) is 10.0 Å². The van der Waals surface area contributed by atoms with Gasteiger partial charge in [0.2, 0.25) is 5.79 Å². The highest BCUT2D eigenvalue weighted by molar-refractivity contribution is 6.35. The third-order valence-electron chi connectivity index (χ3n) is 12.4. The van der Waals surface area contributed by atoms with Gasteiger partial charge in [0.25, 0.3) is 0 Å². The van der Waals surface area contributed by atoms with Gasteiger partial charge in [-0.15, -0.1) is 0 Å². The van der Waals surface area contributed by atoms with Gasteiger partial charge in [-0.1, -0.05) is 42.3 Å². The second-order valence-corrected chi connectivity index (χ2v) is 18.0. The molecule has 0 bridgehead atoms. The van der Waals surface area contributed by atoms with Crippen LogP contribution in [-0.4, -0.2) is 109 Å².